The maximum atomic E-state index is 6.16. The van der Waals surface area contributed by atoms with Crippen LogP contribution in [-0.2, 0) is 6.42 Å². The second-order valence-corrected chi connectivity index (χ2v) is 6.00. The van der Waals surface area contributed by atoms with E-state index in [2.05, 4.69) is 34.4 Å². The van der Waals surface area contributed by atoms with Gasteiger partial charge in [-0.05, 0) is 37.5 Å². The Morgan fingerprint density at radius 3 is 2.64 bits per heavy atom. The Morgan fingerprint density at radius 1 is 1.14 bits per heavy atom. The highest BCUT2D eigenvalue weighted by Gasteiger charge is 2.04. The summed E-state index contributed by atoms with van der Waals surface area (Å²) in [6, 6.07) is 7.85. The molecule has 22 heavy (non-hydrogen) atoms. The first kappa shape index (κ1) is 16.8. The van der Waals surface area contributed by atoms with E-state index in [1.54, 1.807) is 12.4 Å². The highest BCUT2D eigenvalue weighted by atomic mass is 35.5. The van der Waals surface area contributed by atoms with E-state index in [1.807, 2.05) is 18.2 Å². The van der Waals surface area contributed by atoms with E-state index < -0.39 is 0 Å². The van der Waals surface area contributed by atoms with Crippen molar-refractivity contribution in [3.63, 3.8) is 0 Å². The summed E-state index contributed by atoms with van der Waals surface area (Å²) in [6.45, 7) is 4.99. The van der Waals surface area contributed by atoms with Gasteiger partial charge in [0.25, 0.3) is 0 Å². The maximum absolute atomic E-state index is 6.16. The molecule has 1 aromatic heterocycles. The van der Waals surface area contributed by atoms with E-state index >= 15 is 0 Å². The van der Waals surface area contributed by atoms with Gasteiger partial charge in [0.1, 0.15) is 18.0 Å². The van der Waals surface area contributed by atoms with Crippen LogP contribution in [0.5, 0.6) is 0 Å². The van der Waals surface area contributed by atoms with Crippen molar-refractivity contribution in [2.24, 2.45) is 0 Å². The molecule has 0 saturated carbocycles. The summed E-state index contributed by atoms with van der Waals surface area (Å²) in [7, 11) is 0. The van der Waals surface area contributed by atoms with E-state index in [0.717, 1.165) is 36.6 Å². The highest BCUT2D eigenvalue weighted by molar-refractivity contribution is 6.35. The molecule has 0 aliphatic carbocycles. The molecule has 0 amide bonds. The van der Waals surface area contributed by atoms with Gasteiger partial charge in [0.05, 0.1) is 0 Å². The van der Waals surface area contributed by atoms with Crippen molar-refractivity contribution in [1.29, 1.82) is 0 Å². The van der Waals surface area contributed by atoms with Crippen LogP contribution in [0.15, 0.2) is 30.6 Å². The van der Waals surface area contributed by atoms with Crippen molar-refractivity contribution >= 4 is 34.8 Å². The maximum Gasteiger partial charge on any atom is 0.131 e. The molecule has 0 aliphatic heterocycles. The lowest BCUT2D eigenvalue weighted by Crippen LogP contribution is -2.15. The summed E-state index contributed by atoms with van der Waals surface area (Å²) in [6.07, 6.45) is 3.40. The number of halogens is 2. The first-order chi connectivity index (χ1) is 10.6. The first-order valence-electron chi connectivity index (χ1n) is 7.35. The number of aromatic nitrogens is 2. The van der Waals surface area contributed by atoms with Crippen LogP contribution in [0.3, 0.4) is 0 Å². The summed E-state index contributed by atoms with van der Waals surface area (Å²) >= 11 is 12.1. The Bertz CT molecular complexity index is 619. The van der Waals surface area contributed by atoms with Gasteiger partial charge in [-0.15, -0.1) is 0 Å². The van der Waals surface area contributed by atoms with Gasteiger partial charge in [0.15, 0.2) is 0 Å². The summed E-state index contributed by atoms with van der Waals surface area (Å²) in [5, 5.41) is 7.95. The van der Waals surface area contributed by atoms with Gasteiger partial charge in [0, 0.05) is 28.7 Å². The van der Waals surface area contributed by atoms with Crippen LogP contribution in [0.1, 0.15) is 25.8 Å². The third kappa shape index (κ3) is 5.04. The van der Waals surface area contributed by atoms with Gasteiger partial charge < -0.3 is 10.6 Å². The van der Waals surface area contributed by atoms with E-state index in [-0.39, 0.29) is 0 Å². The smallest absolute Gasteiger partial charge is 0.131 e. The lowest BCUT2D eigenvalue weighted by Gasteiger charge is -2.13. The van der Waals surface area contributed by atoms with Crippen LogP contribution in [0.4, 0.5) is 11.6 Å². The zero-order chi connectivity index (χ0) is 15.9. The van der Waals surface area contributed by atoms with Crippen LogP contribution < -0.4 is 10.6 Å². The number of nitrogens with zero attached hydrogens (tertiary/aromatic N) is 2. The Hall–Kier alpha value is -1.52. The predicted octanol–water partition coefficient (Wildman–Crippen LogP) is 4.65. The fourth-order valence-corrected chi connectivity index (χ4v) is 2.44. The molecule has 2 rings (SSSR count). The summed E-state index contributed by atoms with van der Waals surface area (Å²) in [5.41, 5.74) is 1.06. The molecule has 0 saturated heterocycles. The highest BCUT2D eigenvalue weighted by Crippen LogP contribution is 2.21. The molecule has 6 heteroatoms. The first-order valence-corrected chi connectivity index (χ1v) is 8.10. The van der Waals surface area contributed by atoms with Gasteiger partial charge in [-0.1, -0.05) is 36.2 Å². The van der Waals surface area contributed by atoms with Crippen LogP contribution in [0, 0.1) is 0 Å². The molecule has 1 unspecified atom stereocenters. The third-order valence-corrected chi connectivity index (χ3v) is 3.98. The zero-order valence-electron chi connectivity index (χ0n) is 12.7. The molecule has 0 spiro atoms. The molecule has 4 nitrogen and oxygen atoms in total. The molecule has 0 fully saturated rings. The van der Waals surface area contributed by atoms with Crippen molar-refractivity contribution in [2.45, 2.75) is 32.7 Å². The normalized spacial score (nSPS) is 12.0. The minimum absolute atomic E-state index is 0.385. The number of hydrogen-bond acceptors (Lipinski definition) is 4. The van der Waals surface area contributed by atoms with Crippen molar-refractivity contribution in [1.82, 2.24) is 9.97 Å². The van der Waals surface area contributed by atoms with E-state index in [0.29, 0.717) is 16.1 Å². The standard InChI is InChI=1S/C16H20Cl2N4/c1-3-11(2)22-16-9-15(20-10-21-16)19-7-6-12-4-5-13(17)8-14(12)18/h4-5,8-11H,3,6-7H2,1-2H3,(H2,19,20,21,22). The minimum atomic E-state index is 0.385. The SMILES string of the molecule is CCC(C)Nc1cc(NCCc2ccc(Cl)cc2Cl)ncn1. The fourth-order valence-electron chi connectivity index (χ4n) is 1.94. The lowest BCUT2D eigenvalue weighted by atomic mass is 10.1. The van der Waals surface area contributed by atoms with E-state index in [4.69, 9.17) is 23.2 Å². The van der Waals surface area contributed by atoms with Gasteiger partial charge in [-0.3, -0.25) is 0 Å². The minimum Gasteiger partial charge on any atom is -0.370 e. The third-order valence-electron chi connectivity index (χ3n) is 3.39. The quantitative estimate of drug-likeness (QED) is 0.771. The van der Waals surface area contributed by atoms with Crippen LogP contribution in [-0.4, -0.2) is 22.6 Å². The lowest BCUT2D eigenvalue weighted by molar-refractivity contribution is 0.758. The molecular formula is C16H20Cl2N4. The van der Waals surface area contributed by atoms with E-state index in [9.17, 15) is 0 Å². The van der Waals surface area contributed by atoms with E-state index in [1.165, 1.54) is 0 Å². The fraction of sp³-hybridized carbons (Fsp3) is 0.375. The number of rotatable bonds is 7. The number of nitrogens with one attached hydrogen (secondary N) is 2. The Balaban J connectivity index is 1.90. The number of anilines is 2. The van der Waals surface area contributed by atoms with Gasteiger partial charge in [0.2, 0.25) is 0 Å². The molecule has 118 valence electrons. The second kappa shape index (κ2) is 8.20. The van der Waals surface area contributed by atoms with Crippen molar-refractivity contribution in [3.8, 4) is 0 Å². The van der Waals surface area contributed by atoms with Crippen molar-refractivity contribution in [2.75, 3.05) is 17.2 Å². The largest absolute Gasteiger partial charge is 0.370 e. The number of benzene rings is 1. The molecular weight excluding hydrogens is 319 g/mol. The Kier molecular flexibility index (Phi) is 6.28. The Morgan fingerprint density at radius 2 is 1.91 bits per heavy atom. The van der Waals surface area contributed by atoms with Gasteiger partial charge in [-0.2, -0.15) is 0 Å². The average molecular weight is 339 g/mol. The van der Waals surface area contributed by atoms with Gasteiger partial charge in [-0.25, -0.2) is 9.97 Å². The topological polar surface area (TPSA) is 49.8 Å². The average Bonchev–Trinajstić information content (AvgIpc) is 2.50. The van der Waals surface area contributed by atoms with Crippen molar-refractivity contribution < 1.29 is 0 Å². The molecule has 1 aromatic carbocycles. The van der Waals surface area contributed by atoms with Crippen molar-refractivity contribution in [3.05, 3.63) is 46.2 Å². The second-order valence-electron chi connectivity index (χ2n) is 5.15. The molecule has 2 aromatic rings. The predicted molar refractivity (Wildman–Crippen MR) is 94.1 cm³/mol. The van der Waals surface area contributed by atoms with Crippen LogP contribution in [0.2, 0.25) is 10.0 Å². The van der Waals surface area contributed by atoms with Gasteiger partial charge >= 0.3 is 0 Å². The van der Waals surface area contributed by atoms with Crippen LogP contribution >= 0.6 is 23.2 Å². The molecule has 0 aliphatic rings. The summed E-state index contributed by atoms with van der Waals surface area (Å²) in [5.74, 6) is 1.63. The monoisotopic (exact) mass is 338 g/mol. The summed E-state index contributed by atoms with van der Waals surface area (Å²) < 4.78 is 0. The van der Waals surface area contributed by atoms with Crippen LogP contribution in [0.25, 0.3) is 0 Å². The zero-order valence-corrected chi connectivity index (χ0v) is 14.2. The molecule has 0 radical (unpaired) electrons. The summed E-state index contributed by atoms with van der Waals surface area (Å²) in [4.78, 5) is 8.44. The molecule has 2 N–H and O–H groups in total. The molecule has 0 bridgehead atoms. The molecule has 1 heterocycles. The number of hydrogen-bond donors (Lipinski definition) is 2. The Labute approximate surface area is 141 Å². The molecule has 1 atom stereocenters.